The highest BCUT2D eigenvalue weighted by atomic mass is 19.2. The molecule has 5 heterocycles. The lowest BCUT2D eigenvalue weighted by Crippen LogP contribution is -2.51. The third kappa shape index (κ3) is 4.22. The van der Waals surface area contributed by atoms with Gasteiger partial charge >= 0.3 is 6.01 Å². The van der Waals surface area contributed by atoms with Crippen molar-refractivity contribution in [3.05, 3.63) is 52.5 Å². The first-order valence-corrected chi connectivity index (χ1v) is 13.4. The van der Waals surface area contributed by atoms with Crippen LogP contribution in [-0.4, -0.2) is 81.1 Å². The van der Waals surface area contributed by atoms with Crippen LogP contribution in [0.3, 0.4) is 0 Å². The van der Waals surface area contributed by atoms with Gasteiger partial charge in [-0.05, 0) is 56.8 Å². The Morgan fingerprint density at radius 1 is 1.18 bits per heavy atom. The van der Waals surface area contributed by atoms with E-state index in [0.717, 1.165) is 42.6 Å². The van der Waals surface area contributed by atoms with Crippen molar-refractivity contribution in [2.24, 2.45) is 0 Å². The number of fused-ring (bicyclic) bond motifs is 4. The summed E-state index contributed by atoms with van der Waals surface area (Å²) in [5.41, 5.74) is -1.08. The number of benzene rings is 2. The summed E-state index contributed by atoms with van der Waals surface area (Å²) in [7, 11) is 1.83. The van der Waals surface area contributed by atoms with Crippen LogP contribution in [0, 0.1) is 11.6 Å². The van der Waals surface area contributed by atoms with Crippen LogP contribution < -0.4 is 20.5 Å². The maximum absolute atomic E-state index is 15.0. The summed E-state index contributed by atoms with van der Waals surface area (Å²) < 4.78 is 53.3. The molecule has 10 nitrogen and oxygen atoms in total. The van der Waals surface area contributed by atoms with E-state index in [4.69, 9.17) is 7.48 Å². The molecule has 2 aromatic heterocycles. The number of likely N-dealkylation sites (tertiary alicyclic amines) is 1. The average Bonchev–Trinajstić information content (AvgIpc) is 3.54. The molecule has 3 saturated heterocycles. The minimum absolute atomic E-state index is 0.125. The van der Waals surface area contributed by atoms with Crippen molar-refractivity contribution in [2.45, 2.75) is 43.8 Å². The highest BCUT2D eigenvalue weighted by molar-refractivity contribution is 5.93. The van der Waals surface area contributed by atoms with Crippen LogP contribution in [0.1, 0.15) is 28.4 Å². The van der Waals surface area contributed by atoms with Crippen LogP contribution in [0.4, 0.5) is 14.6 Å². The SMILES string of the molecule is [2H]C([2H])(Oc1nc(N2C[C@H]3CC[C@@H](C2)N3)c2cnn(-c3cc(O)cc4ccc(F)c(F)c34)c(=O)c2n1)[C@@H]1CCCN1C. The number of phenolic OH excluding ortho intramolecular Hbond substituents is 1. The highest BCUT2D eigenvalue weighted by Crippen LogP contribution is 2.32. The molecule has 2 bridgehead atoms. The van der Waals surface area contributed by atoms with E-state index in [2.05, 4.69) is 20.4 Å². The molecule has 0 aliphatic carbocycles. The molecule has 0 amide bonds. The Hall–Kier alpha value is -3.90. The van der Waals surface area contributed by atoms with Gasteiger partial charge in [0, 0.05) is 42.7 Å². The number of rotatable bonds is 5. The normalized spacial score (nSPS) is 24.1. The number of hydrogen-bond acceptors (Lipinski definition) is 9. The molecule has 7 rings (SSSR count). The number of nitrogens with one attached hydrogen (secondary N) is 1. The molecular formula is C28H29F2N7O3. The summed E-state index contributed by atoms with van der Waals surface area (Å²) in [6, 6.07) is 4.28. The van der Waals surface area contributed by atoms with Gasteiger partial charge in [-0.25, -0.2) is 8.78 Å². The van der Waals surface area contributed by atoms with Crippen molar-refractivity contribution in [1.82, 2.24) is 30.0 Å². The van der Waals surface area contributed by atoms with Crippen molar-refractivity contribution in [3.63, 3.8) is 0 Å². The molecule has 0 saturated carbocycles. The first-order chi connectivity index (χ1) is 20.1. The van der Waals surface area contributed by atoms with Crippen molar-refractivity contribution < 1.29 is 21.4 Å². The van der Waals surface area contributed by atoms with E-state index in [9.17, 15) is 14.3 Å². The Kier molecular flexibility index (Phi) is 5.51. The van der Waals surface area contributed by atoms with Gasteiger partial charge in [0.1, 0.15) is 23.6 Å². The number of anilines is 1. The number of phenols is 1. The molecule has 4 aromatic rings. The van der Waals surface area contributed by atoms with E-state index in [-0.39, 0.29) is 45.8 Å². The lowest BCUT2D eigenvalue weighted by atomic mass is 10.1. The lowest BCUT2D eigenvalue weighted by Gasteiger charge is -2.34. The van der Waals surface area contributed by atoms with Gasteiger partial charge in [0.05, 0.1) is 20.0 Å². The van der Waals surface area contributed by atoms with Crippen LogP contribution in [0.5, 0.6) is 11.8 Å². The largest absolute Gasteiger partial charge is 0.508 e. The van der Waals surface area contributed by atoms with Crippen molar-refractivity contribution in [1.29, 1.82) is 0 Å². The molecule has 0 unspecified atom stereocenters. The zero-order chi connectivity index (χ0) is 29.3. The van der Waals surface area contributed by atoms with Crippen LogP contribution >= 0.6 is 0 Å². The minimum atomic E-state index is -2.15. The van der Waals surface area contributed by atoms with Crippen LogP contribution in [0.15, 0.2) is 35.3 Å². The predicted octanol–water partition coefficient (Wildman–Crippen LogP) is 2.73. The Bertz CT molecular complexity index is 1780. The van der Waals surface area contributed by atoms with Gasteiger partial charge in [0.25, 0.3) is 5.56 Å². The molecule has 2 aromatic carbocycles. The standard InChI is InChI=1S/C28H29F2N7O3/c1-35-8-2-3-18(35)14-40-28-33-25-20(26(34-28)36-12-16-5-6-17(13-36)32-16)11-31-37(27(25)39)22-10-19(38)9-15-4-7-21(29)24(30)23(15)22/h4,7,9-11,16-18,32,38H,2-3,5-6,8,12-14H2,1H3/t16-,17+,18-/m0/s1/i14D2. The van der Waals surface area contributed by atoms with E-state index in [1.807, 2.05) is 16.8 Å². The van der Waals surface area contributed by atoms with Gasteiger partial charge in [-0.15, -0.1) is 0 Å². The summed E-state index contributed by atoms with van der Waals surface area (Å²) in [6.07, 6.45) is 4.80. The second-order valence-corrected chi connectivity index (χ2v) is 10.8. The predicted molar refractivity (Wildman–Crippen MR) is 145 cm³/mol. The number of likely N-dealkylation sites (N-methyl/N-ethyl adjacent to an activating group) is 1. The summed E-state index contributed by atoms with van der Waals surface area (Å²) >= 11 is 0. The van der Waals surface area contributed by atoms with E-state index < -0.39 is 29.8 Å². The van der Waals surface area contributed by atoms with Crippen molar-refractivity contribution >= 4 is 27.5 Å². The number of ether oxygens (including phenoxy) is 1. The Balaban J connectivity index is 1.42. The first kappa shape index (κ1) is 22.9. The second kappa shape index (κ2) is 9.63. The molecule has 0 radical (unpaired) electrons. The number of nitrogens with zero attached hydrogens (tertiary/aromatic N) is 6. The number of aromatic hydroxyl groups is 1. The molecule has 0 spiro atoms. The van der Waals surface area contributed by atoms with Gasteiger partial charge in [-0.1, -0.05) is 6.07 Å². The number of halogens is 2. The van der Waals surface area contributed by atoms with Crippen molar-refractivity contribution in [2.75, 3.05) is 38.1 Å². The quantitative estimate of drug-likeness (QED) is 0.387. The maximum Gasteiger partial charge on any atom is 0.319 e. The molecule has 2 N–H and O–H groups in total. The Morgan fingerprint density at radius 3 is 2.73 bits per heavy atom. The van der Waals surface area contributed by atoms with Gasteiger partial charge < -0.3 is 25.0 Å². The Morgan fingerprint density at radius 2 is 1.98 bits per heavy atom. The average molecular weight is 552 g/mol. The van der Waals surface area contributed by atoms with Gasteiger partial charge in [-0.2, -0.15) is 19.7 Å². The summed E-state index contributed by atoms with van der Waals surface area (Å²) in [6.45, 7) is -0.185. The van der Waals surface area contributed by atoms with Gasteiger partial charge in [0.15, 0.2) is 11.6 Å². The zero-order valence-corrected chi connectivity index (χ0v) is 21.8. The van der Waals surface area contributed by atoms with Gasteiger partial charge in [0.2, 0.25) is 0 Å². The topological polar surface area (TPSA) is 109 Å². The molecule has 40 heavy (non-hydrogen) atoms. The van der Waals surface area contributed by atoms with Crippen LogP contribution in [-0.2, 0) is 0 Å². The number of aromatic nitrogens is 4. The molecule has 3 aliphatic heterocycles. The fourth-order valence-corrected chi connectivity index (χ4v) is 6.12. The maximum atomic E-state index is 15.0. The fraction of sp³-hybridized carbons (Fsp3) is 0.429. The zero-order valence-electron chi connectivity index (χ0n) is 23.8. The third-order valence-corrected chi connectivity index (χ3v) is 8.12. The van der Waals surface area contributed by atoms with E-state index in [1.54, 1.807) is 0 Å². The second-order valence-electron chi connectivity index (χ2n) is 10.8. The summed E-state index contributed by atoms with van der Waals surface area (Å²) in [4.78, 5) is 26.9. The smallest absolute Gasteiger partial charge is 0.319 e. The molecule has 3 atom stereocenters. The monoisotopic (exact) mass is 551 g/mol. The fourth-order valence-electron chi connectivity index (χ4n) is 6.12. The molecule has 3 aliphatic rings. The molecule has 12 heteroatoms. The number of hydrogen-bond donors (Lipinski definition) is 2. The van der Waals surface area contributed by atoms with E-state index in [0.29, 0.717) is 30.7 Å². The Labute approximate surface area is 231 Å². The van der Waals surface area contributed by atoms with Gasteiger partial charge in [-0.3, -0.25) is 4.79 Å². The number of piperazine rings is 1. The summed E-state index contributed by atoms with van der Waals surface area (Å²) in [5, 5.41) is 18.4. The molecule has 3 fully saturated rings. The summed E-state index contributed by atoms with van der Waals surface area (Å²) in [5.74, 6) is -2.18. The molecular weight excluding hydrogens is 520 g/mol. The highest BCUT2D eigenvalue weighted by Gasteiger charge is 2.34. The lowest BCUT2D eigenvalue weighted by molar-refractivity contribution is 0.188. The van der Waals surface area contributed by atoms with Crippen molar-refractivity contribution in [3.8, 4) is 17.4 Å². The van der Waals surface area contributed by atoms with E-state index in [1.165, 1.54) is 18.3 Å². The first-order valence-electron chi connectivity index (χ1n) is 14.4. The molecule has 208 valence electrons. The van der Waals surface area contributed by atoms with Crippen LogP contribution in [0.2, 0.25) is 0 Å². The van der Waals surface area contributed by atoms with Crippen LogP contribution in [0.25, 0.3) is 27.4 Å². The van der Waals surface area contributed by atoms with E-state index >= 15 is 4.39 Å². The third-order valence-electron chi connectivity index (χ3n) is 8.12. The minimum Gasteiger partial charge on any atom is -0.508 e.